The molecule has 3 heterocycles. The largest absolute Gasteiger partial charge is 0.455 e. The van der Waals surface area contributed by atoms with E-state index in [4.69, 9.17) is 18.9 Å². The van der Waals surface area contributed by atoms with Crippen LogP contribution in [0.1, 0.15) is 47.5 Å². The van der Waals surface area contributed by atoms with Crippen LogP contribution in [-0.2, 0) is 28.5 Å². The molecule has 7 heteroatoms. The van der Waals surface area contributed by atoms with Crippen molar-refractivity contribution in [1.29, 1.82) is 0 Å². The zero-order chi connectivity index (χ0) is 19.6. The van der Waals surface area contributed by atoms with Crippen LogP contribution in [0.4, 0.5) is 0 Å². The Balaban J connectivity index is 1.65. The highest BCUT2D eigenvalue weighted by atomic mass is 16.8. The van der Waals surface area contributed by atoms with Crippen LogP contribution in [0.15, 0.2) is 11.6 Å². The molecule has 5 aliphatic rings. The van der Waals surface area contributed by atoms with Gasteiger partial charge in [-0.2, -0.15) is 0 Å². The lowest BCUT2D eigenvalue weighted by atomic mass is 9.50. The highest BCUT2D eigenvalue weighted by Gasteiger charge is 2.97. The van der Waals surface area contributed by atoms with E-state index in [-0.39, 0.29) is 18.0 Å². The zero-order valence-corrected chi connectivity index (χ0v) is 16.3. The molecule has 27 heavy (non-hydrogen) atoms. The number of allylic oxidation sites excluding steroid dienone is 1. The molecule has 2 aliphatic carbocycles. The van der Waals surface area contributed by atoms with E-state index in [0.29, 0.717) is 18.4 Å². The van der Waals surface area contributed by atoms with Crippen molar-refractivity contribution in [2.24, 2.45) is 17.3 Å². The van der Waals surface area contributed by atoms with Gasteiger partial charge in [0.25, 0.3) is 5.79 Å². The lowest BCUT2D eigenvalue weighted by Crippen LogP contribution is -2.68. The topological polar surface area (TPSA) is 97.9 Å². The minimum atomic E-state index is -1.09. The third-order valence-electron chi connectivity index (χ3n) is 8.26. The summed E-state index contributed by atoms with van der Waals surface area (Å²) in [6.45, 7) is 9.18. The number of aliphatic hydroxyl groups is 1. The maximum Gasteiger partial charge on any atom is 0.333 e. The maximum atomic E-state index is 12.7. The van der Waals surface area contributed by atoms with Crippen LogP contribution in [0.3, 0.4) is 0 Å². The average Bonchev–Trinajstić information content (AvgIpc) is 3.48. The van der Waals surface area contributed by atoms with Gasteiger partial charge in [-0.3, -0.25) is 4.79 Å². The maximum absolute atomic E-state index is 12.7. The van der Waals surface area contributed by atoms with Crippen LogP contribution < -0.4 is 0 Å². The molecule has 9 atom stereocenters. The van der Waals surface area contributed by atoms with Gasteiger partial charge in [-0.25, -0.2) is 4.79 Å². The molecule has 0 aromatic rings. The molecule has 0 bridgehead atoms. The van der Waals surface area contributed by atoms with Gasteiger partial charge in [0.05, 0.1) is 18.1 Å². The first-order valence-electron chi connectivity index (χ1n) is 9.72. The summed E-state index contributed by atoms with van der Waals surface area (Å²) in [6, 6.07) is 0. The summed E-state index contributed by atoms with van der Waals surface area (Å²) in [6.07, 6.45) is 1.16. The summed E-state index contributed by atoms with van der Waals surface area (Å²) >= 11 is 0. The fraction of sp³-hybridized carbons (Fsp3) is 0.800. The molecule has 0 radical (unpaired) electrons. The number of carbonyl (C=O) groups excluding carboxylic acids is 2. The quantitative estimate of drug-likeness (QED) is 0.441. The smallest absolute Gasteiger partial charge is 0.333 e. The van der Waals surface area contributed by atoms with Crippen LogP contribution in [0, 0.1) is 17.3 Å². The Kier molecular flexibility index (Phi) is 3.11. The molecular weight excluding hydrogens is 352 g/mol. The molecule has 0 aromatic carbocycles. The molecule has 0 amide bonds. The van der Waals surface area contributed by atoms with Gasteiger partial charge in [0.2, 0.25) is 0 Å². The summed E-state index contributed by atoms with van der Waals surface area (Å²) in [5.41, 5.74) is -1.85. The summed E-state index contributed by atoms with van der Waals surface area (Å²) in [5.74, 6) is -2.63. The SMILES string of the molecule is C/C=C(/C)C(=O)O[C@H]1[C@]2(C)[C@@H](C)[C@@H](O)C[C@H]3O[C@]32C[C@@]23OC(=O)[C@H](C)[C@@]12O3. The number of aliphatic hydroxyl groups excluding tert-OH is 1. The van der Waals surface area contributed by atoms with E-state index in [2.05, 4.69) is 0 Å². The highest BCUT2D eigenvalue weighted by molar-refractivity contribution is 5.88. The first-order valence-corrected chi connectivity index (χ1v) is 9.72. The van der Waals surface area contributed by atoms with Gasteiger partial charge in [0, 0.05) is 23.8 Å². The van der Waals surface area contributed by atoms with Crippen molar-refractivity contribution in [2.75, 3.05) is 0 Å². The fourth-order valence-corrected chi connectivity index (χ4v) is 6.15. The number of carbonyl (C=O) groups is 2. The summed E-state index contributed by atoms with van der Waals surface area (Å²) < 4.78 is 24.0. The summed E-state index contributed by atoms with van der Waals surface area (Å²) in [5, 5.41) is 10.7. The Morgan fingerprint density at radius 1 is 1.37 bits per heavy atom. The fourth-order valence-electron chi connectivity index (χ4n) is 6.15. The van der Waals surface area contributed by atoms with E-state index in [1.54, 1.807) is 26.8 Å². The summed E-state index contributed by atoms with van der Waals surface area (Å²) in [4.78, 5) is 25.1. The van der Waals surface area contributed by atoms with Crippen molar-refractivity contribution in [3.63, 3.8) is 0 Å². The van der Waals surface area contributed by atoms with Crippen LogP contribution in [0.2, 0.25) is 0 Å². The third kappa shape index (κ3) is 1.67. The van der Waals surface area contributed by atoms with E-state index in [0.717, 1.165) is 0 Å². The molecule has 5 rings (SSSR count). The number of hydrogen-bond acceptors (Lipinski definition) is 7. The van der Waals surface area contributed by atoms with Crippen molar-refractivity contribution >= 4 is 11.9 Å². The second-order valence-corrected chi connectivity index (χ2v) is 9.10. The van der Waals surface area contributed by atoms with Gasteiger partial charge in [-0.05, 0) is 26.7 Å². The van der Waals surface area contributed by atoms with Crippen molar-refractivity contribution in [1.82, 2.24) is 0 Å². The number of esters is 2. The van der Waals surface area contributed by atoms with Crippen molar-refractivity contribution in [3.05, 3.63) is 11.6 Å². The van der Waals surface area contributed by atoms with Crippen LogP contribution >= 0.6 is 0 Å². The van der Waals surface area contributed by atoms with E-state index < -0.39 is 46.5 Å². The standard InChI is InChI=1S/C20H26O7/c1-6-9(2)14(22)24-16-17(5)10(3)12(21)7-13-18(17,25-13)8-19-20(16,27-19)11(4)15(23)26-19/h6,10-13,16,21H,7-8H2,1-5H3/b9-6-/t10-,11-,12-,13+,16-,17-,18+,19-,20+/m0/s1. The van der Waals surface area contributed by atoms with Crippen LogP contribution in [-0.4, -0.2) is 52.3 Å². The van der Waals surface area contributed by atoms with Crippen LogP contribution in [0.5, 0.6) is 0 Å². The Bertz CT molecular complexity index is 791. The minimum absolute atomic E-state index is 0.149. The Labute approximate surface area is 158 Å². The van der Waals surface area contributed by atoms with Gasteiger partial charge in [0.1, 0.15) is 11.7 Å². The third-order valence-corrected chi connectivity index (χ3v) is 8.26. The number of rotatable bonds is 2. The van der Waals surface area contributed by atoms with Gasteiger partial charge in [0.15, 0.2) is 5.60 Å². The molecule has 1 N–H and O–H groups in total. The van der Waals surface area contributed by atoms with Gasteiger partial charge in [-0.1, -0.05) is 19.9 Å². The molecule has 148 valence electrons. The predicted molar refractivity (Wildman–Crippen MR) is 91.2 cm³/mol. The molecule has 3 aliphatic heterocycles. The van der Waals surface area contributed by atoms with E-state index in [1.807, 2.05) is 13.8 Å². The zero-order valence-electron chi connectivity index (χ0n) is 16.3. The highest BCUT2D eigenvalue weighted by Crippen LogP contribution is 2.79. The Hall–Kier alpha value is -1.44. The van der Waals surface area contributed by atoms with E-state index in [9.17, 15) is 14.7 Å². The number of ether oxygens (including phenoxy) is 4. The van der Waals surface area contributed by atoms with E-state index >= 15 is 0 Å². The molecule has 1 spiro atoms. The molecule has 7 nitrogen and oxygen atoms in total. The Morgan fingerprint density at radius 2 is 2.07 bits per heavy atom. The molecule has 0 aromatic heterocycles. The van der Waals surface area contributed by atoms with Crippen molar-refractivity contribution in [3.8, 4) is 0 Å². The van der Waals surface area contributed by atoms with Crippen molar-refractivity contribution in [2.45, 2.75) is 82.8 Å². The van der Waals surface area contributed by atoms with Crippen molar-refractivity contribution < 1.29 is 33.6 Å². The second kappa shape index (κ2) is 4.75. The normalized spacial score (nSPS) is 57.6. The number of epoxide rings is 2. The van der Waals surface area contributed by atoms with E-state index in [1.165, 1.54) is 0 Å². The summed E-state index contributed by atoms with van der Waals surface area (Å²) in [7, 11) is 0. The van der Waals surface area contributed by atoms with Gasteiger partial charge >= 0.3 is 11.9 Å². The lowest BCUT2D eigenvalue weighted by Gasteiger charge is -2.53. The van der Waals surface area contributed by atoms with Gasteiger partial charge in [-0.15, -0.1) is 0 Å². The minimum Gasteiger partial charge on any atom is -0.455 e. The molecule has 2 saturated carbocycles. The number of hydrogen-bond donors (Lipinski definition) is 1. The predicted octanol–water partition coefficient (Wildman–Crippen LogP) is 1.47. The molecule has 0 unspecified atom stereocenters. The Morgan fingerprint density at radius 3 is 2.74 bits per heavy atom. The average molecular weight is 378 g/mol. The lowest BCUT2D eigenvalue weighted by molar-refractivity contribution is -0.188. The molecule has 5 fully saturated rings. The van der Waals surface area contributed by atoms with Crippen LogP contribution in [0.25, 0.3) is 0 Å². The van der Waals surface area contributed by atoms with Gasteiger partial charge < -0.3 is 24.1 Å². The first-order chi connectivity index (χ1) is 12.6. The molecular formula is C20H26O7. The second-order valence-electron chi connectivity index (χ2n) is 9.10. The molecule has 3 saturated heterocycles. The first kappa shape index (κ1) is 17.6. The monoisotopic (exact) mass is 378 g/mol.